The van der Waals surface area contributed by atoms with E-state index in [1.807, 2.05) is 24.3 Å². The van der Waals surface area contributed by atoms with Crippen LogP contribution in [0.2, 0.25) is 0 Å². The van der Waals surface area contributed by atoms with E-state index >= 15 is 0 Å². The highest BCUT2D eigenvalue weighted by Gasteiger charge is 2.17. The second-order valence-corrected chi connectivity index (χ2v) is 14.7. The molecule has 0 radical (unpaired) electrons. The quantitative estimate of drug-likeness (QED) is 0.123. The molecule has 2 unspecified atom stereocenters. The van der Waals surface area contributed by atoms with Crippen LogP contribution in [0.4, 0.5) is 45.5 Å². The number of rotatable bonds is 10. The number of nitrogens with one attached hydrogen (secondary N) is 3. The Labute approximate surface area is 313 Å². The summed E-state index contributed by atoms with van der Waals surface area (Å²) >= 11 is 0. The van der Waals surface area contributed by atoms with Crippen molar-refractivity contribution in [1.29, 1.82) is 0 Å². The Hall–Kier alpha value is -5.40. The zero-order valence-electron chi connectivity index (χ0n) is 30.2. The van der Waals surface area contributed by atoms with Crippen LogP contribution in [0.1, 0.15) is 22.3 Å². The molecule has 0 aliphatic rings. The van der Waals surface area contributed by atoms with E-state index < -0.39 is 0 Å². The van der Waals surface area contributed by atoms with Gasteiger partial charge in [0, 0.05) is 31.5 Å². The summed E-state index contributed by atoms with van der Waals surface area (Å²) in [7, 11) is 3.24. The summed E-state index contributed by atoms with van der Waals surface area (Å²) in [5.74, 6) is 0. The van der Waals surface area contributed by atoms with Crippen molar-refractivity contribution in [2.24, 2.45) is 0 Å². The minimum atomic E-state index is 0.482. The summed E-state index contributed by atoms with van der Waals surface area (Å²) in [6, 6.07) is 59.2. The molecule has 6 heteroatoms. The highest BCUT2D eigenvalue weighted by molar-refractivity contribution is 7.49. The molecule has 0 saturated carbocycles. The lowest BCUT2D eigenvalue weighted by Crippen LogP contribution is -2.14. The summed E-state index contributed by atoms with van der Waals surface area (Å²) in [4.78, 5) is 0. The predicted octanol–water partition coefficient (Wildman–Crippen LogP) is 12.4. The van der Waals surface area contributed by atoms with Crippen LogP contribution >= 0.6 is 18.0 Å². The summed E-state index contributed by atoms with van der Waals surface area (Å²) in [6.45, 7) is 8.53. The topological polar surface area (TPSA) is 39.3 Å². The molecule has 0 aliphatic carbocycles. The van der Waals surface area contributed by atoms with Gasteiger partial charge in [-0.25, -0.2) is 0 Å². The number of benzene rings is 7. The van der Waals surface area contributed by atoms with E-state index in [0.717, 1.165) is 34.1 Å². The maximum atomic E-state index is 3.66. The number of aryl methyl sites for hydroxylation is 4. The standard InChI is InChI=1S/C26H26N2P2.C20H20N2/c1-19-9-3-5-11-23(19)27-24-12-6-8-14-26(24)28(25-13-7-4-10-20(25)2)30-22-17-15-21(29)16-18-22;1-15-9-3-5-11-17(15)21-19-13-7-8-14-20(19)22-18-12-6-4-10-16(18)2/h3-18,27,30H,29H2,1-2H3;3-14,21-22H,1-2H3. The van der Waals surface area contributed by atoms with Gasteiger partial charge in [-0.05, 0) is 109 Å². The van der Waals surface area contributed by atoms with Crippen molar-refractivity contribution in [2.45, 2.75) is 27.7 Å². The van der Waals surface area contributed by atoms with Gasteiger partial charge < -0.3 is 20.6 Å². The third kappa shape index (κ3) is 9.47. The molecule has 52 heavy (non-hydrogen) atoms. The number of hydrogen-bond acceptors (Lipinski definition) is 4. The van der Waals surface area contributed by atoms with Gasteiger partial charge >= 0.3 is 0 Å². The molecule has 0 spiro atoms. The average molecular weight is 717 g/mol. The van der Waals surface area contributed by atoms with Gasteiger partial charge in [-0.3, -0.25) is 0 Å². The van der Waals surface area contributed by atoms with Gasteiger partial charge in [0.15, 0.2) is 0 Å². The van der Waals surface area contributed by atoms with Gasteiger partial charge in [0.25, 0.3) is 0 Å². The summed E-state index contributed by atoms with van der Waals surface area (Å²) < 4.78 is 2.42. The first-order valence-electron chi connectivity index (χ1n) is 17.5. The van der Waals surface area contributed by atoms with E-state index in [0.29, 0.717) is 8.73 Å². The third-order valence-corrected chi connectivity index (χ3v) is 10.5. The Morgan fingerprint density at radius 1 is 0.365 bits per heavy atom. The lowest BCUT2D eigenvalue weighted by molar-refractivity contribution is 1.35. The Bertz CT molecular complexity index is 2170. The summed E-state index contributed by atoms with van der Waals surface area (Å²) in [6.07, 6.45) is 0. The fraction of sp³-hybridized carbons (Fsp3) is 0.0870. The van der Waals surface area contributed by atoms with Crippen LogP contribution in [0.15, 0.2) is 170 Å². The monoisotopic (exact) mass is 716 g/mol. The van der Waals surface area contributed by atoms with E-state index in [4.69, 9.17) is 0 Å². The van der Waals surface area contributed by atoms with Crippen molar-refractivity contribution in [3.05, 3.63) is 192 Å². The van der Waals surface area contributed by atoms with E-state index in [-0.39, 0.29) is 0 Å². The zero-order chi connectivity index (χ0) is 36.3. The largest absolute Gasteiger partial charge is 0.354 e. The Kier molecular flexibility index (Phi) is 12.4. The van der Waals surface area contributed by atoms with Crippen molar-refractivity contribution in [2.75, 3.05) is 20.6 Å². The molecule has 260 valence electrons. The van der Waals surface area contributed by atoms with Gasteiger partial charge in [0.05, 0.1) is 22.7 Å². The van der Waals surface area contributed by atoms with Gasteiger partial charge in [-0.15, -0.1) is 9.24 Å². The van der Waals surface area contributed by atoms with Gasteiger partial charge in [-0.1, -0.05) is 121 Å². The lowest BCUT2D eigenvalue weighted by atomic mass is 10.1. The highest BCUT2D eigenvalue weighted by Crippen LogP contribution is 2.42. The number of para-hydroxylation sites is 8. The number of anilines is 8. The Morgan fingerprint density at radius 2 is 0.712 bits per heavy atom. The summed E-state index contributed by atoms with van der Waals surface area (Å²) in [5, 5.41) is 13.2. The fourth-order valence-corrected chi connectivity index (χ4v) is 7.25. The second kappa shape index (κ2) is 17.7. The molecule has 0 bridgehead atoms. The molecule has 0 saturated heterocycles. The minimum Gasteiger partial charge on any atom is -0.354 e. The van der Waals surface area contributed by atoms with Crippen molar-refractivity contribution in [3.8, 4) is 0 Å². The van der Waals surface area contributed by atoms with Gasteiger partial charge in [0.1, 0.15) is 0 Å². The summed E-state index contributed by atoms with van der Waals surface area (Å²) in [5.41, 5.74) is 14.0. The molecular weight excluding hydrogens is 670 g/mol. The third-order valence-electron chi connectivity index (χ3n) is 8.82. The molecule has 0 aromatic heterocycles. The molecule has 0 fully saturated rings. The lowest BCUT2D eigenvalue weighted by Gasteiger charge is -2.29. The van der Waals surface area contributed by atoms with Crippen LogP contribution < -0.4 is 31.2 Å². The molecule has 7 aromatic carbocycles. The first kappa shape index (κ1) is 36.4. The maximum absolute atomic E-state index is 3.66. The molecule has 3 N–H and O–H groups in total. The van der Waals surface area contributed by atoms with Crippen LogP contribution in [-0.2, 0) is 0 Å². The van der Waals surface area contributed by atoms with Crippen LogP contribution in [0.3, 0.4) is 0 Å². The van der Waals surface area contributed by atoms with Crippen LogP contribution in [0.25, 0.3) is 0 Å². The molecule has 0 amide bonds. The van der Waals surface area contributed by atoms with Gasteiger partial charge in [0.2, 0.25) is 0 Å². The van der Waals surface area contributed by atoms with E-state index in [9.17, 15) is 0 Å². The SMILES string of the molecule is Cc1ccccc1Nc1ccccc1N(Pc1ccc(P)cc1)c1ccccc1C.Cc1ccccc1Nc1ccccc1Nc1ccccc1C. The highest BCUT2D eigenvalue weighted by atomic mass is 31.1. The van der Waals surface area contributed by atoms with Crippen molar-refractivity contribution in [1.82, 2.24) is 0 Å². The Balaban J connectivity index is 0.000000187. The number of nitrogens with zero attached hydrogens (tertiary/aromatic N) is 1. The van der Waals surface area contributed by atoms with Crippen LogP contribution in [0, 0.1) is 27.7 Å². The van der Waals surface area contributed by atoms with E-state index in [1.54, 1.807) is 0 Å². The average Bonchev–Trinajstić information content (AvgIpc) is 3.16. The van der Waals surface area contributed by atoms with Crippen LogP contribution in [-0.4, -0.2) is 0 Å². The molecule has 7 rings (SSSR count). The minimum absolute atomic E-state index is 0.482. The molecule has 0 heterocycles. The molecule has 0 aliphatic heterocycles. The van der Waals surface area contributed by atoms with Crippen molar-refractivity contribution in [3.63, 3.8) is 0 Å². The molecule has 7 aromatic rings. The second-order valence-electron chi connectivity index (χ2n) is 12.7. The van der Waals surface area contributed by atoms with Crippen molar-refractivity contribution < 1.29 is 0 Å². The molecule has 2 atom stereocenters. The van der Waals surface area contributed by atoms with Crippen molar-refractivity contribution >= 4 is 74.1 Å². The van der Waals surface area contributed by atoms with Gasteiger partial charge in [-0.2, -0.15) is 0 Å². The molecular formula is C46H46N4P2. The maximum Gasteiger partial charge on any atom is 0.0684 e. The smallest absolute Gasteiger partial charge is 0.0684 e. The van der Waals surface area contributed by atoms with E-state index in [1.165, 1.54) is 44.2 Å². The Morgan fingerprint density at radius 3 is 1.15 bits per heavy atom. The molecule has 4 nitrogen and oxygen atoms in total. The van der Waals surface area contributed by atoms with Crippen LogP contribution in [0.5, 0.6) is 0 Å². The fourth-order valence-electron chi connectivity index (χ4n) is 5.80. The first-order chi connectivity index (χ1) is 25.4. The predicted molar refractivity (Wildman–Crippen MR) is 233 cm³/mol. The zero-order valence-corrected chi connectivity index (χ0v) is 32.3. The number of hydrogen-bond donors (Lipinski definition) is 3. The first-order valence-corrected chi connectivity index (χ1v) is 19.0. The van der Waals surface area contributed by atoms with E-state index in [2.05, 4.69) is 203 Å². The normalized spacial score (nSPS) is 10.7.